The lowest BCUT2D eigenvalue weighted by atomic mass is 9.87. The summed E-state index contributed by atoms with van der Waals surface area (Å²) in [5, 5.41) is 0. The molecule has 1 aliphatic rings. The number of hydrogen-bond acceptors (Lipinski definition) is 0. The monoisotopic (exact) mass is 320 g/mol. The van der Waals surface area contributed by atoms with E-state index in [1.165, 1.54) is 11.6 Å². The molecule has 120 valence electrons. The SMILES string of the molecule is CCCC1=CCc2c(ccc(-c3cc(F)c(F)c(F)c3)c2F)C1. The van der Waals surface area contributed by atoms with Crippen LogP contribution in [0.2, 0.25) is 0 Å². The van der Waals surface area contributed by atoms with Crippen LogP contribution in [-0.2, 0) is 12.8 Å². The molecule has 0 aliphatic heterocycles. The van der Waals surface area contributed by atoms with E-state index in [1.807, 2.05) is 6.08 Å². The molecule has 0 spiro atoms. The van der Waals surface area contributed by atoms with Crippen LogP contribution < -0.4 is 0 Å². The standard InChI is InChI=1S/C19H16F4/c1-2-3-11-4-6-14-12(8-11)5-7-15(18(14)22)13-9-16(20)19(23)17(21)10-13/h4-5,7,9-10H,2-3,6,8H2,1H3. The van der Waals surface area contributed by atoms with Crippen LogP contribution in [0.15, 0.2) is 35.9 Å². The van der Waals surface area contributed by atoms with Crippen LogP contribution in [0.4, 0.5) is 17.6 Å². The molecule has 0 unspecified atom stereocenters. The van der Waals surface area contributed by atoms with E-state index in [4.69, 9.17) is 0 Å². The van der Waals surface area contributed by atoms with Gasteiger partial charge < -0.3 is 0 Å². The van der Waals surface area contributed by atoms with E-state index < -0.39 is 23.3 Å². The van der Waals surface area contributed by atoms with Crippen molar-refractivity contribution in [1.82, 2.24) is 0 Å². The summed E-state index contributed by atoms with van der Waals surface area (Å²) in [4.78, 5) is 0. The molecule has 0 aromatic heterocycles. The van der Waals surface area contributed by atoms with Gasteiger partial charge in [0.15, 0.2) is 17.5 Å². The van der Waals surface area contributed by atoms with E-state index in [9.17, 15) is 17.6 Å². The Morgan fingerprint density at radius 2 is 1.65 bits per heavy atom. The van der Waals surface area contributed by atoms with Gasteiger partial charge in [-0.1, -0.05) is 37.1 Å². The second-order valence-electron chi connectivity index (χ2n) is 5.81. The van der Waals surface area contributed by atoms with Crippen molar-refractivity contribution in [1.29, 1.82) is 0 Å². The molecule has 4 heteroatoms. The summed E-state index contributed by atoms with van der Waals surface area (Å²) in [5.41, 5.74) is 2.83. The molecular formula is C19H16F4. The highest BCUT2D eigenvalue weighted by Crippen LogP contribution is 2.33. The molecule has 0 fully saturated rings. The molecule has 0 N–H and O–H groups in total. The van der Waals surface area contributed by atoms with Gasteiger partial charge in [-0.05, 0) is 48.1 Å². The third kappa shape index (κ3) is 2.90. The van der Waals surface area contributed by atoms with E-state index in [2.05, 4.69) is 6.92 Å². The molecule has 2 aromatic rings. The predicted molar refractivity (Wildman–Crippen MR) is 82.1 cm³/mol. The summed E-state index contributed by atoms with van der Waals surface area (Å²) in [7, 11) is 0. The molecule has 0 radical (unpaired) electrons. The Labute approximate surface area is 132 Å². The summed E-state index contributed by atoms with van der Waals surface area (Å²) < 4.78 is 54.6. The van der Waals surface area contributed by atoms with Gasteiger partial charge in [0, 0.05) is 5.56 Å². The van der Waals surface area contributed by atoms with Gasteiger partial charge in [-0.2, -0.15) is 0 Å². The van der Waals surface area contributed by atoms with Gasteiger partial charge in [-0.3, -0.25) is 0 Å². The minimum absolute atomic E-state index is 0.00466. The number of hydrogen-bond donors (Lipinski definition) is 0. The Kier molecular flexibility index (Phi) is 4.24. The van der Waals surface area contributed by atoms with Crippen molar-refractivity contribution in [3.05, 3.63) is 70.3 Å². The van der Waals surface area contributed by atoms with Crippen LogP contribution in [0.1, 0.15) is 30.9 Å². The Morgan fingerprint density at radius 1 is 0.957 bits per heavy atom. The molecule has 0 heterocycles. The van der Waals surface area contributed by atoms with Crippen LogP contribution in [0.5, 0.6) is 0 Å². The number of benzene rings is 2. The van der Waals surface area contributed by atoms with Crippen LogP contribution in [0.3, 0.4) is 0 Å². The summed E-state index contributed by atoms with van der Waals surface area (Å²) in [6.07, 6.45) is 5.21. The minimum Gasteiger partial charge on any atom is -0.206 e. The Bertz CT molecular complexity index is 767. The quantitative estimate of drug-likeness (QED) is 0.384. The van der Waals surface area contributed by atoms with Gasteiger partial charge in [-0.15, -0.1) is 0 Å². The first-order chi connectivity index (χ1) is 11.0. The summed E-state index contributed by atoms with van der Waals surface area (Å²) in [5.74, 6) is -4.66. The molecule has 2 aromatic carbocycles. The van der Waals surface area contributed by atoms with Crippen LogP contribution in [0.25, 0.3) is 11.1 Å². The normalized spacial score (nSPS) is 13.7. The average molecular weight is 320 g/mol. The summed E-state index contributed by atoms with van der Waals surface area (Å²) in [6.45, 7) is 2.09. The molecule has 0 atom stereocenters. The topological polar surface area (TPSA) is 0 Å². The maximum atomic E-state index is 14.7. The van der Waals surface area contributed by atoms with Crippen molar-refractivity contribution in [3.8, 4) is 11.1 Å². The first-order valence-corrected chi connectivity index (χ1v) is 7.64. The number of halogens is 4. The minimum atomic E-state index is -1.54. The lowest BCUT2D eigenvalue weighted by molar-refractivity contribution is 0.447. The molecule has 1 aliphatic carbocycles. The van der Waals surface area contributed by atoms with Crippen molar-refractivity contribution in [2.24, 2.45) is 0 Å². The first kappa shape index (κ1) is 15.8. The molecule has 0 nitrogen and oxygen atoms in total. The zero-order chi connectivity index (χ0) is 16.6. The van der Waals surface area contributed by atoms with Crippen molar-refractivity contribution in [2.45, 2.75) is 32.6 Å². The Morgan fingerprint density at radius 3 is 2.30 bits per heavy atom. The van der Waals surface area contributed by atoms with Gasteiger partial charge in [0.05, 0.1) is 0 Å². The van der Waals surface area contributed by atoms with Gasteiger partial charge in [0.1, 0.15) is 5.82 Å². The van der Waals surface area contributed by atoms with Gasteiger partial charge >= 0.3 is 0 Å². The highest BCUT2D eigenvalue weighted by atomic mass is 19.2. The number of allylic oxidation sites excluding steroid dienone is 2. The second-order valence-corrected chi connectivity index (χ2v) is 5.81. The van der Waals surface area contributed by atoms with Gasteiger partial charge in [0.25, 0.3) is 0 Å². The molecule has 3 rings (SSSR count). The highest BCUT2D eigenvalue weighted by molar-refractivity contribution is 5.67. The molecule has 0 amide bonds. The lowest BCUT2D eigenvalue weighted by Crippen LogP contribution is -2.07. The molecule has 0 saturated carbocycles. The van der Waals surface area contributed by atoms with E-state index >= 15 is 0 Å². The largest absolute Gasteiger partial charge is 0.206 e. The molecule has 0 bridgehead atoms. The lowest BCUT2D eigenvalue weighted by Gasteiger charge is -2.19. The smallest absolute Gasteiger partial charge is 0.194 e. The van der Waals surface area contributed by atoms with Crippen molar-refractivity contribution in [3.63, 3.8) is 0 Å². The Hall–Kier alpha value is -2.10. The maximum Gasteiger partial charge on any atom is 0.194 e. The van der Waals surface area contributed by atoms with Crippen LogP contribution in [-0.4, -0.2) is 0 Å². The predicted octanol–water partition coefficient (Wildman–Crippen LogP) is 5.74. The zero-order valence-electron chi connectivity index (χ0n) is 12.7. The van der Waals surface area contributed by atoms with Crippen molar-refractivity contribution in [2.75, 3.05) is 0 Å². The molecular weight excluding hydrogens is 304 g/mol. The fourth-order valence-corrected chi connectivity index (χ4v) is 3.06. The summed E-state index contributed by atoms with van der Waals surface area (Å²) >= 11 is 0. The fraction of sp³-hybridized carbons (Fsp3) is 0.263. The number of fused-ring (bicyclic) bond motifs is 1. The van der Waals surface area contributed by atoms with Crippen LogP contribution in [0, 0.1) is 23.3 Å². The second kappa shape index (κ2) is 6.19. The van der Waals surface area contributed by atoms with Crippen molar-refractivity contribution < 1.29 is 17.6 Å². The molecule has 23 heavy (non-hydrogen) atoms. The third-order valence-corrected chi connectivity index (χ3v) is 4.22. The average Bonchev–Trinajstić information content (AvgIpc) is 2.53. The first-order valence-electron chi connectivity index (χ1n) is 7.64. The highest BCUT2D eigenvalue weighted by Gasteiger charge is 2.20. The van der Waals surface area contributed by atoms with Crippen molar-refractivity contribution >= 4 is 0 Å². The fourth-order valence-electron chi connectivity index (χ4n) is 3.06. The van der Waals surface area contributed by atoms with E-state index in [1.54, 1.807) is 6.07 Å². The van der Waals surface area contributed by atoms with E-state index in [-0.39, 0.29) is 11.1 Å². The summed E-state index contributed by atoms with van der Waals surface area (Å²) in [6, 6.07) is 4.94. The van der Waals surface area contributed by atoms with Crippen LogP contribution >= 0.6 is 0 Å². The number of rotatable bonds is 3. The van der Waals surface area contributed by atoms with E-state index in [0.29, 0.717) is 18.4 Å². The Balaban J connectivity index is 2.03. The van der Waals surface area contributed by atoms with E-state index in [0.717, 1.165) is 30.5 Å². The third-order valence-electron chi connectivity index (χ3n) is 4.22. The maximum absolute atomic E-state index is 14.7. The van der Waals surface area contributed by atoms with Gasteiger partial charge in [0.2, 0.25) is 0 Å². The molecule has 0 saturated heterocycles. The van der Waals surface area contributed by atoms with Gasteiger partial charge in [-0.25, -0.2) is 17.6 Å². The zero-order valence-corrected chi connectivity index (χ0v) is 12.7.